The number of aliphatic hydroxyl groups excluding tert-OH is 1. The fourth-order valence-electron chi connectivity index (χ4n) is 3.92. The molecule has 1 aromatic carbocycles. The zero-order chi connectivity index (χ0) is 17.2. The van der Waals surface area contributed by atoms with Crippen LogP contribution in [-0.4, -0.2) is 34.2 Å². The first-order valence-electron chi connectivity index (χ1n) is 9.03. The number of fused-ring (bicyclic) bond motifs is 1. The van der Waals surface area contributed by atoms with E-state index in [9.17, 15) is 5.11 Å². The predicted molar refractivity (Wildman–Crippen MR) is 98.3 cm³/mol. The molecule has 0 aliphatic carbocycles. The van der Waals surface area contributed by atoms with Crippen LogP contribution in [0.2, 0.25) is 0 Å². The Bertz CT molecular complexity index is 843. The van der Waals surface area contributed by atoms with Crippen molar-refractivity contribution in [2.75, 3.05) is 13.1 Å². The van der Waals surface area contributed by atoms with Gasteiger partial charge in [-0.2, -0.15) is 0 Å². The molecule has 0 spiro atoms. The van der Waals surface area contributed by atoms with Crippen LogP contribution in [0, 0.1) is 5.92 Å². The number of nitrogens with zero attached hydrogens (tertiary/aromatic N) is 2. The lowest BCUT2D eigenvalue weighted by Gasteiger charge is -2.16. The van der Waals surface area contributed by atoms with Crippen molar-refractivity contribution in [2.24, 2.45) is 5.92 Å². The summed E-state index contributed by atoms with van der Waals surface area (Å²) in [5.74, 6) is 1.33. The lowest BCUT2D eigenvalue weighted by Crippen LogP contribution is -2.21. The minimum atomic E-state index is -0.281. The monoisotopic (exact) mass is 336 g/mol. The third-order valence-corrected chi connectivity index (χ3v) is 5.21. The third-order valence-electron chi connectivity index (χ3n) is 5.21. The number of aryl methyl sites for hydroxylation is 1. The second-order valence-corrected chi connectivity index (χ2v) is 6.93. The first kappa shape index (κ1) is 16.3. The van der Waals surface area contributed by atoms with E-state index in [0.717, 1.165) is 43.8 Å². The molecule has 4 heteroatoms. The lowest BCUT2D eigenvalue weighted by atomic mass is 9.97. The molecule has 2 atom stereocenters. The van der Waals surface area contributed by atoms with Gasteiger partial charge in [0.05, 0.1) is 6.10 Å². The summed E-state index contributed by atoms with van der Waals surface area (Å²) < 4.78 is 6.01. The molecule has 0 bridgehead atoms. The van der Waals surface area contributed by atoms with Crippen molar-refractivity contribution in [3.63, 3.8) is 0 Å². The highest BCUT2D eigenvalue weighted by atomic mass is 16.3. The number of β-amino-alcohol motifs (C(OH)–C–C–N with tert-alkyl or cyclic N) is 1. The quantitative estimate of drug-likeness (QED) is 0.775. The molecule has 4 rings (SSSR count). The number of furan rings is 1. The van der Waals surface area contributed by atoms with E-state index in [-0.39, 0.29) is 12.0 Å². The van der Waals surface area contributed by atoms with Gasteiger partial charge in [-0.3, -0.25) is 9.88 Å². The van der Waals surface area contributed by atoms with Crippen molar-refractivity contribution >= 4 is 11.0 Å². The molecule has 1 saturated heterocycles. The first-order valence-corrected chi connectivity index (χ1v) is 9.03. The topological polar surface area (TPSA) is 49.5 Å². The highest BCUT2D eigenvalue weighted by Crippen LogP contribution is 2.30. The average Bonchev–Trinajstić information content (AvgIpc) is 3.16. The molecule has 1 aliphatic rings. The van der Waals surface area contributed by atoms with E-state index in [1.165, 1.54) is 16.5 Å². The van der Waals surface area contributed by atoms with Crippen molar-refractivity contribution in [2.45, 2.75) is 32.4 Å². The number of aromatic nitrogens is 1. The Hall–Kier alpha value is -2.17. The van der Waals surface area contributed by atoms with Crippen molar-refractivity contribution in [1.82, 2.24) is 9.88 Å². The fraction of sp³-hybridized carbons (Fsp3) is 0.381. The second kappa shape index (κ2) is 6.98. The minimum absolute atomic E-state index is 0.269. The summed E-state index contributed by atoms with van der Waals surface area (Å²) in [7, 11) is 0. The lowest BCUT2D eigenvalue weighted by molar-refractivity contribution is 0.141. The van der Waals surface area contributed by atoms with Gasteiger partial charge in [-0.25, -0.2) is 0 Å². The summed E-state index contributed by atoms with van der Waals surface area (Å²) in [6.45, 7) is 4.60. The number of rotatable bonds is 5. The highest BCUT2D eigenvalue weighted by molar-refractivity contribution is 5.82. The predicted octanol–water partition coefficient (Wildman–Crippen LogP) is 3.43. The van der Waals surface area contributed by atoms with Gasteiger partial charge in [-0.05, 0) is 30.2 Å². The first-order chi connectivity index (χ1) is 12.2. The molecular formula is C21H24N2O2. The standard InChI is InChI=1S/C21H24N2O2/c1-2-20-18(17-5-3-4-6-21(17)25-20)13-23-12-16(19(24)14-23)11-15-7-9-22-10-8-15/h3-10,16,19,24H,2,11-14H2,1H3/t16-,19+/m1/s1. The largest absolute Gasteiger partial charge is 0.461 e. The maximum atomic E-state index is 10.5. The van der Waals surface area contributed by atoms with Crippen molar-refractivity contribution in [3.8, 4) is 0 Å². The van der Waals surface area contributed by atoms with Crippen molar-refractivity contribution in [3.05, 3.63) is 65.7 Å². The van der Waals surface area contributed by atoms with Crippen LogP contribution in [0.1, 0.15) is 23.8 Å². The normalized spacial score (nSPS) is 21.2. The average molecular weight is 336 g/mol. The van der Waals surface area contributed by atoms with Crippen LogP contribution < -0.4 is 0 Å². The van der Waals surface area contributed by atoms with E-state index >= 15 is 0 Å². The Kier molecular flexibility index (Phi) is 4.55. The van der Waals surface area contributed by atoms with Crippen LogP contribution in [0.15, 0.2) is 53.2 Å². The SMILES string of the molecule is CCc1oc2ccccc2c1CN1C[C@@H](Cc2ccncc2)[C@@H](O)C1. The second-order valence-electron chi connectivity index (χ2n) is 6.93. The summed E-state index contributed by atoms with van der Waals surface area (Å²) in [5, 5.41) is 11.7. The van der Waals surface area contributed by atoms with Crippen LogP contribution in [0.3, 0.4) is 0 Å². The maximum Gasteiger partial charge on any atom is 0.134 e. The van der Waals surface area contributed by atoms with Gasteiger partial charge in [0.1, 0.15) is 11.3 Å². The van der Waals surface area contributed by atoms with Crippen LogP contribution >= 0.6 is 0 Å². The Balaban J connectivity index is 1.51. The van der Waals surface area contributed by atoms with Gasteiger partial charge < -0.3 is 9.52 Å². The van der Waals surface area contributed by atoms with Gasteiger partial charge in [0, 0.05) is 55.3 Å². The minimum Gasteiger partial charge on any atom is -0.461 e. The van der Waals surface area contributed by atoms with E-state index in [1.54, 1.807) is 0 Å². The number of aliphatic hydroxyl groups is 1. The number of para-hydroxylation sites is 1. The Morgan fingerprint density at radius 2 is 1.96 bits per heavy atom. The van der Waals surface area contributed by atoms with E-state index in [0.29, 0.717) is 0 Å². The molecule has 1 fully saturated rings. The number of pyridine rings is 1. The molecular weight excluding hydrogens is 312 g/mol. The molecule has 3 aromatic rings. The Morgan fingerprint density at radius 3 is 2.76 bits per heavy atom. The van der Waals surface area contributed by atoms with E-state index < -0.39 is 0 Å². The molecule has 0 unspecified atom stereocenters. The number of hydrogen-bond donors (Lipinski definition) is 1. The number of benzene rings is 1. The van der Waals surface area contributed by atoms with Gasteiger partial charge >= 0.3 is 0 Å². The maximum absolute atomic E-state index is 10.5. The molecule has 0 radical (unpaired) electrons. The van der Waals surface area contributed by atoms with Crippen molar-refractivity contribution in [1.29, 1.82) is 0 Å². The van der Waals surface area contributed by atoms with Gasteiger partial charge in [0.15, 0.2) is 0 Å². The molecule has 0 amide bonds. The molecule has 4 nitrogen and oxygen atoms in total. The number of hydrogen-bond acceptors (Lipinski definition) is 4. The van der Waals surface area contributed by atoms with E-state index in [4.69, 9.17) is 4.42 Å². The molecule has 1 aliphatic heterocycles. The Labute approximate surface area is 148 Å². The molecule has 0 saturated carbocycles. The summed E-state index contributed by atoms with van der Waals surface area (Å²) >= 11 is 0. The van der Waals surface area contributed by atoms with Crippen LogP contribution in [0.5, 0.6) is 0 Å². The number of likely N-dealkylation sites (tertiary alicyclic amines) is 1. The summed E-state index contributed by atoms with van der Waals surface area (Å²) in [6, 6.07) is 12.3. The van der Waals surface area contributed by atoms with Crippen molar-refractivity contribution < 1.29 is 9.52 Å². The fourth-order valence-corrected chi connectivity index (χ4v) is 3.92. The van der Waals surface area contributed by atoms with Crippen LogP contribution in [0.25, 0.3) is 11.0 Å². The van der Waals surface area contributed by atoms with Gasteiger partial charge in [-0.15, -0.1) is 0 Å². The molecule has 2 aromatic heterocycles. The van der Waals surface area contributed by atoms with E-state index in [2.05, 4.69) is 28.9 Å². The summed E-state index contributed by atoms with van der Waals surface area (Å²) in [6.07, 6.45) is 5.14. The van der Waals surface area contributed by atoms with Gasteiger partial charge in [0.2, 0.25) is 0 Å². The molecule has 25 heavy (non-hydrogen) atoms. The third kappa shape index (κ3) is 3.32. The zero-order valence-electron chi connectivity index (χ0n) is 14.6. The van der Waals surface area contributed by atoms with E-state index in [1.807, 2.05) is 36.7 Å². The zero-order valence-corrected chi connectivity index (χ0v) is 14.6. The molecule has 3 heterocycles. The van der Waals surface area contributed by atoms with Crippen LogP contribution in [0.4, 0.5) is 0 Å². The highest BCUT2D eigenvalue weighted by Gasteiger charge is 2.32. The van der Waals surface area contributed by atoms with Gasteiger partial charge in [-0.1, -0.05) is 25.1 Å². The molecule has 130 valence electrons. The van der Waals surface area contributed by atoms with Crippen LogP contribution in [-0.2, 0) is 19.4 Å². The summed E-state index contributed by atoms with van der Waals surface area (Å²) in [4.78, 5) is 6.42. The molecule has 1 N–H and O–H groups in total. The summed E-state index contributed by atoms with van der Waals surface area (Å²) in [5.41, 5.74) is 3.47. The smallest absolute Gasteiger partial charge is 0.134 e. The Morgan fingerprint density at radius 1 is 1.16 bits per heavy atom. The van der Waals surface area contributed by atoms with Gasteiger partial charge in [0.25, 0.3) is 0 Å².